The van der Waals surface area contributed by atoms with E-state index in [1.165, 1.54) is 37.9 Å². The van der Waals surface area contributed by atoms with Crippen molar-refractivity contribution in [2.24, 2.45) is 0 Å². The first-order valence-electron chi connectivity index (χ1n) is 7.17. The maximum atomic E-state index is 5.51. The third kappa shape index (κ3) is 6.29. The Hall–Kier alpha value is -0.750. The molecule has 108 valence electrons. The molecular weight excluding hydrogens is 260 g/mol. The van der Waals surface area contributed by atoms with E-state index >= 15 is 0 Å². The molecule has 0 bridgehead atoms. The van der Waals surface area contributed by atoms with Gasteiger partial charge in [-0.25, -0.2) is 0 Å². The minimum Gasteiger partial charge on any atom is -0.407 e. The van der Waals surface area contributed by atoms with Gasteiger partial charge in [0.05, 0.1) is 6.54 Å². The first-order chi connectivity index (χ1) is 9.38. The standard InChI is InChI=1S/C13H24N4OS/c1-19-9-5-3-2-4-8-14-13-17-16-12(18-13)10-15-11-6-7-11/h11,15H,2-10H2,1H3,(H,14,17). The highest BCUT2D eigenvalue weighted by molar-refractivity contribution is 7.98. The molecule has 0 aromatic carbocycles. The van der Waals surface area contributed by atoms with Crippen LogP contribution in [-0.2, 0) is 6.54 Å². The van der Waals surface area contributed by atoms with E-state index in [4.69, 9.17) is 4.42 Å². The molecule has 0 radical (unpaired) electrons. The number of hydrogen-bond acceptors (Lipinski definition) is 6. The largest absolute Gasteiger partial charge is 0.407 e. The van der Waals surface area contributed by atoms with Gasteiger partial charge in [-0.05, 0) is 37.7 Å². The van der Waals surface area contributed by atoms with Gasteiger partial charge in [-0.1, -0.05) is 17.9 Å². The van der Waals surface area contributed by atoms with Crippen LogP contribution in [0.1, 0.15) is 44.4 Å². The van der Waals surface area contributed by atoms with Crippen molar-refractivity contribution in [2.75, 3.05) is 23.9 Å². The quantitative estimate of drug-likeness (QED) is 0.609. The molecule has 1 saturated carbocycles. The van der Waals surface area contributed by atoms with E-state index in [-0.39, 0.29) is 0 Å². The average molecular weight is 284 g/mol. The van der Waals surface area contributed by atoms with Crippen molar-refractivity contribution in [3.63, 3.8) is 0 Å². The summed E-state index contributed by atoms with van der Waals surface area (Å²) in [7, 11) is 0. The molecule has 0 unspecified atom stereocenters. The molecule has 2 N–H and O–H groups in total. The minimum absolute atomic E-state index is 0.553. The number of anilines is 1. The number of hydrogen-bond donors (Lipinski definition) is 2. The van der Waals surface area contributed by atoms with Gasteiger partial charge in [0, 0.05) is 12.6 Å². The Morgan fingerprint density at radius 3 is 2.84 bits per heavy atom. The lowest BCUT2D eigenvalue weighted by Gasteiger charge is -2.01. The molecule has 0 atom stereocenters. The van der Waals surface area contributed by atoms with Crippen LogP contribution in [0.2, 0.25) is 0 Å². The van der Waals surface area contributed by atoms with Gasteiger partial charge in [0.25, 0.3) is 0 Å². The summed E-state index contributed by atoms with van der Waals surface area (Å²) in [6.45, 7) is 1.60. The monoisotopic (exact) mass is 284 g/mol. The summed E-state index contributed by atoms with van der Waals surface area (Å²) in [6, 6.07) is 1.22. The maximum absolute atomic E-state index is 5.51. The Labute approximate surface area is 119 Å². The molecule has 2 rings (SSSR count). The van der Waals surface area contributed by atoms with Gasteiger partial charge >= 0.3 is 6.01 Å². The molecule has 6 heteroatoms. The molecule has 1 aromatic rings. The van der Waals surface area contributed by atoms with E-state index in [9.17, 15) is 0 Å². The van der Waals surface area contributed by atoms with Crippen molar-refractivity contribution < 1.29 is 4.42 Å². The maximum Gasteiger partial charge on any atom is 0.315 e. The van der Waals surface area contributed by atoms with Crippen LogP contribution in [0.25, 0.3) is 0 Å². The van der Waals surface area contributed by atoms with Gasteiger partial charge in [-0.2, -0.15) is 11.8 Å². The smallest absolute Gasteiger partial charge is 0.315 e. The Morgan fingerprint density at radius 1 is 1.21 bits per heavy atom. The van der Waals surface area contributed by atoms with Gasteiger partial charge in [0.1, 0.15) is 0 Å². The van der Waals surface area contributed by atoms with E-state index in [1.807, 2.05) is 11.8 Å². The minimum atomic E-state index is 0.553. The fraction of sp³-hybridized carbons (Fsp3) is 0.846. The first kappa shape index (κ1) is 14.7. The van der Waals surface area contributed by atoms with Crippen LogP contribution in [0.4, 0.5) is 6.01 Å². The average Bonchev–Trinajstić information content (AvgIpc) is 3.15. The summed E-state index contributed by atoms with van der Waals surface area (Å²) in [5, 5.41) is 14.5. The third-order valence-corrected chi connectivity index (χ3v) is 3.83. The lowest BCUT2D eigenvalue weighted by atomic mass is 10.2. The summed E-state index contributed by atoms with van der Waals surface area (Å²) in [4.78, 5) is 0. The molecule has 0 spiro atoms. The van der Waals surface area contributed by atoms with Crippen molar-refractivity contribution in [3.8, 4) is 0 Å². The number of aromatic nitrogens is 2. The van der Waals surface area contributed by atoms with Crippen LogP contribution < -0.4 is 10.6 Å². The zero-order valence-corrected chi connectivity index (χ0v) is 12.5. The second-order valence-electron chi connectivity index (χ2n) is 4.99. The third-order valence-electron chi connectivity index (χ3n) is 3.14. The van der Waals surface area contributed by atoms with Gasteiger partial charge < -0.3 is 15.1 Å². The number of unbranched alkanes of at least 4 members (excludes halogenated alkanes) is 3. The van der Waals surface area contributed by atoms with Crippen LogP contribution in [0, 0.1) is 0 Å². The second-order valence-corrected chi connectivity index (χ2v) is 5.98. The predicted molar refractivity (Wildman–Crippen MR) is 79.5 cm³/mol. The summed E-state index contributed by atoms with van der Waals surface area (Å²) < 4.78 is 5.51. The summed E-state index contributed by atoms with van der Waals surface area (Å²) in [6.07, 6.45) is 9.75. The highest BCUT2D eigenvalue weighted by Crippen LogP contribution is 2.19. The molecule has 0 saturated heterocycles. The zero-order chi connectivity index (χ0) is 13.3. The van der Waals surface area contributed by atoms with E-state index in [0.717, 1.165) is 13.0 Å². The first-order valence-corrected chi connectivity index (χ1v) is 8.56. The summed E-state index contributed by atoms with van der Waals surface area (Å²) in [5.41, 5.74) is 0. The topological polar surface area (TPSA) is 63.0 Å². The SMILES string of the molecule is CSCCCCCCNc1nnc(CNC2CC2)o1. The molecule has 5 nitrogen and oxygen atoms in total. The van der Waals surface area contributed by atoms with Crippen molar-refractivity contribution >= 4 is 17.8 Å². The van der Waals surface area contributed by atoms with Gasteiger partial charge in [0.15, 0.2) is 0 Å². The van der Waals surface area contributed by atoms with Crippen LogP contribution in [0.5, 0.6) is 0 Å². The Balaban J connectivity index is 1.50. The molecule has 1 aliphatic rings. The molecule has 1 heterocycles. The molecule has 1 aromatic heterocycles. The number of nitrogens with one attached hydrogen (secondary N) is 2. The fourth-order valence-corrected chi connectivity index (χ4v) is 2.33. The van der Waals surface area contributed by atoms with E-state index in [1.54, 1.807) is 0 Å². The molecule has 0 amide bonds. The van der Waals surface area contributed by atoms with Crippen molar-refractivity contribution in [1.82, 2.24) is 15.5 Å². The van der Waals surface area contributed by atoms with Crippen molar-refractivity contribution in [2.45, 2.75) is 51.1 Å². The van der Waals surface area contributed by atoms with Crippen LogP contribution in [0.15, 0.2) is 4.42 Å². The number of thioether (sulfide) groups is 1. The molecular formula is C13H24N4OS. The van der Waals surface area contributed by atoms with Gasteiger partial charge in [-0.3, -0.25) is 0 Å². The van der Waals surface area contributed by atoms with Gasteiger partial charge in [0.2, 0.25) is 5.89 Å². The Morgan fingerprint density at radius 2 is 2.05 bits per heavy atom. The highest BCUT2D eigenvalue weighted by Gasteiger charge is 2.21. The predicted octanol–water partition coefficient (Wildman–Crippen LogP) is 2.66. The van der Waals surface area contributed by atoms with Crippen LogP contribution in [-0.4, -0.2) is 34.8 Å². The highest BCUT2D eigenvalue weighted by atomic mass is 32.2. The number of rotatable bonds is 11. The van der Waals surface area contributed by atoms with Crippen LogP contribution >= 0.6 is 11.8 Å². The Kier molecular flexibility index (Phi) is 6.50. The van der Waals surface area contributed by atoms with E-state index in [0.29, 0.717) is 24.5 Å². The lowest BCUT2D eigenvalue weighted by molar-refractivity contribution is 0.475. The molecule has 1 aliphatic carbocycles. The van der Waals surface area contributed by atoms with Crippen molar-refractivity contribution in [1.29, 1.82) is 0 Å². The Bertz CT molecular complexity index is 354. The van der Waals surface area contributed by atoms with E-state index < -0.39 is 0 Å². The van der Waals surface area contributed by atoms with E-state index in [2.05, 4.69) is 27.1 Å². The fourth-order valence-electron chi connectivity index (χ4n) is 1.84. The molecule has 1 fully saturated rings. The molecule has 19 heavy (non-hydrogen) atoms. The summed E-state index contributed by atoms with van der Waals surface area (Å²) in [5.74, 6) is 1.95. The number of nitrogens with zero attached hydrogens (tertiary/aromatic N) is 2. The normalized spacial score (nSPS) is 14.8. The zero-order valence-electron chi connectivity index (χ0n) is 11.7. The van der Waals surface area contributed by atoms with Crippen molar-refractivity contribution in [3.05, 3.63) is 5.89 Å². The molecule has 0 aliphatic heterocycles. The van der Waals surface area contributed by atoms with Crippen LogP contribution in [0.3, 0.4) is 0 Å². The second kappa shape index (κ2) is 8.43. The lowest BCUT2D eigenvalue weighted by Crippen LogP contribution is -2.15. The summed E-state index contributed by atoms with van der Waals surface area (Å²) >= 11 is 1.92. The van der Waals surface area contributed by atoms with Gasteiger partial charge in [-0.15, -0.1) is 5.10 Å².